The highest BCUT2D eigenvalue weighted by molar-refractivity contribution is 5.81. The van der Waals surface area contributed by atoms with Crippen LogP contribution in [0.2, 0.25) is 0 Å². The standard InChI is InChI=1S/C16H21N3O/c1-12(2)16-17-13-7-3-4-8-14(13)19(16)11-15(20)18-9-5-6-10-18/h3-4,7-8,12H,5-6,9-11H2,1-2H3. The molecular weight excluding hydrogens is 250 g/mol. The van der Waals surface area contributed by atoms with E-state index in [1.54, 1.807) is 0 Å². The van der Waals surface area contributed by atoms with Crippen LogP contribution in [0.1, 0.15) is 38.4 Å². The predicted molar refractivity (Wildman–Crippen MR) is 79.6 cm³/mol. The van der Waals surface area contributed by atoms with E-state index < -0.39 is 0 Å². The molecule has 0 N–H and O–H groups in total. The Kier molecular flexibility index (Phi) is 3.47. The molecule has 1 aromatic heterocycles. The number of nitrogens with zero attached hydrogens (tertiary/aromatic N) is 3. The summed E-state index contributed by atoms with van der Waals surface area (Å²) in [6, 6.07) is 8.06. The van der Waals surface area contributed by atoms with E-state index in [-0.39, 0.29) is 5.91 Å². The van der Waals surface area contributed by atoms with Crippen LogP contribution in [-0.2, 0) is 11.3 Å². The van der Waals surface area contributed by atoms with Crippen LogP contribution < -0.4 is 0 Å². The highest BCUT2D eigenvalue weighted by atomic mass is 16.2. The van der Waals surface area contributed by atoms with Gasteiger partial charge in [-0.2, -0.15) is 0 Å². The first-order valence-corrected chi connectivity index (χ1v) is 7.40. The Hall–Kier alpha value is -1.84. The minimum Gasteiger partial charge on any atom is -0.341 e. The normalized spacial score (nSPS) is 15.4. The van der Waals surface area contributed by atoms with E-state index in [2.05, 4.69) is 23.4 Å². The number of fused-ring (bicyclic) bond motifs is 1. The zero-order valence-corrected chi connectivity index (χ0v) is 12.2. The van der Waals surface area contributed by atoms with Gasteiger partial charge in [-0.05, 0) is 25.0 Å². The van der Waals surface area contributed by atoms with Gasteiger partial charge in [0.05, 0.1) is 11.0 Å². The fraction of sp³-hybridized carbons (Fsp3) is 0.500. The summed E-state index contributed by atoms with van der Waals surface area (Å²) in [6.07, 6.45) is 2.26. The molecule has 20 heavy (non-hydrogen) atoms. The van der Waals surface area contributed by atoms with Crippen molar-refractivity contribution >= 4 is 16.9 Å². The van der Waals surface area contributed by atoms with E-state index in [1.807, 2.05) is 29.2 Å². The number of amides is 1. The van der Waals surface area contributed by atoms with Crippen LogP contribution in [0.5, 0.6) is 0 Å². The third kappa shape index (κ3) is 2.30. The Balaban J connectivity index is 1.96. The van der Waals surface area contributed by atoms with Crippen molar-refractivity contribution in [2.45, 2.75) is 39.2 Å². The Morgan fingerprint density at radius 2 is 1.95 bits per heavy atom. The molecule has 1 fully saturated rings. The van der Waals surface area contributed by atoms with Crippen LogP contribution in [0.25, 0.3) is 11.0 Å². The Labute approximate surface area is 119 Å². The molecule has 3 rings (SSSR count). The monoisotopic (exact) mass is 271 g/mol. The van der Waals surface area contributed by atoms with E-state index in [4.69, 9.17) is 0 Å². The summed E-state index contributed by atoms with van der Waals surface area (Å²) in [6.45, 7) is 6.47. The van der Waals surface area contributed by atoms with Gasteiger partial charge in [-0.1, -0.05) is 26.0 Å². The molecule has 4 nitrogen and oxygen atoms in total. The first kappa shape index (κ1) is 13.2. The molecule has 1 aliphatic rings. The number of imidazole rings is 1. The van der Waals surface area contributed by atoms with E-state index in [0.717, 1.165) is 42.8 Å². The number of likely N-dealkylation sites (tertiary alicyclic amines) is 1. The van der Waals surface area contributed by atoms with Gasteiger partial charge in [0, 0.05) is 19.0 Å². The maximum atomic E-state index is 12.4. The predicted octanol–water partition coefficient (Wildman–Crippen LogP) is 2.78. The third-order valence-electron chi connectivity index (χ3n) is 3.95. The molecule has 1 aliphatic heterocycles. The fourth-order valence-electron chi connectivity index (χ4n) is 2.90. The number of hydrogen-bond donors (Lipinski definition) is 0. The van der Waals surface area contributed by atoms with Gasteiger partial charge in [0.25, 0.3) is 0 Å². The molecule has 0 bridgehead atoms. The summed E-state index contributed by atoms with van der Waals surface area (Å²) in [5.41, 5.74) is 2.04. The van der Waals surface area contributed by atoms with Gasteiger partial charge in [0.2, 0.25) is 5.91 Å². The van der Waals surface area contributed by atoms with Crippen LogP contribution >= 0.6 is 0 Å². The number of hydrogen-bond acceptors (Lipinski definition) is 2. The van der Waals surface area contributed by atoms with Crippen molar-refractivity contribution in [1.29, 1.82) is 0 Å². The first-order valence-electron chi connectivity index (χ1n) is 7.40. The first-order chi connectivity index (χ1) is 9.66. The quantitative estimate of drug-likeness (QED) is 0.861. The van der Waals surface area contributed by atoms with Gasteiger partial charge >= 0.3 is 0 Å². The lowest BCUT2D eigenvalue weighted by atomic mass is 10.2. The topological polar surface area (TPSA) is 38.1 Å². The minimum atomic E-state index is 0.215. The molecule has 4 heteroatoms. The van der Waals surface area contributed by atoms with Gasteiger partial charge in [0.15, 0.2) is 0 Å². The van der Waals surface area contributed by atoms with Crippen molar-refractivity contribution in [1.82, 2.24) is 14.5 Å². The average molecular weight is 271 g/mol. The minimum absolute atomic E-state index is 0.215. The molecule has 106 valence electrons. The molecular formula is C16H21N3O. The molecule has 1 amide bonds. The smallest absolute Gasteiger partial charge is 0.242 e. The second kappa shape index (κ2) is 5.27. The summed E-state index contributed by atoms with van der Waals surface area (Å²) in [7, 11) is 0. The van der Waals surface area contributed by atoms with Crippen molar-refractivity contribution < 1.29 is 4.79 Å². The summed E-state index contributed by atoms with van der Waals surface area (Å²) < 4.78 is 2.08. The van der Waals surface area contributed by atoms with Gasteiger partial charge in [0.1, 0.15) is 12.4 Å². The summed E-state index contributed by atoms with van der Waals surface area (Å²) in [4.78, 5) is 19.1. The van der Waals surface area contributed by atoms with Crippen LogP contribution in [0, 0.1) is 0 Å². The zero-order chi connectivity index (χ0) is 14.1. The lowest BCUT2D eigenvalue weighted by Crippen LogP contribution is -2.31. The van der Waals surface area contributed by atoms with E-state index in [9.17, 15) is 4.79 Å². The van der Waals surface area contributed by atoms with E-state index in [1.165, 1.54) is 0 Å². The molecule has 0 spiro atoms. The molecule has 2 aromatic rings. The van der Waals surface area contributed by atoms with Crippen LogP contribution in [0.3, 0.4) is 0 Å². The second-order valence-electron chi connectivity index (χ2n) is 5.79. The number of aromatic nitrogens is 2. The van der Waals surface area contributed by atoms with Crippen molar-refractivity contribution in [3.8, 4) is 0 Å². The maximum Gasteiger partial charge on any atom is 0.242 e. The lowest BCUT2D eigenvalue weighted by Gasteiger charge is -2.17. The molecule has 2 heterocycles. The van der Waals surface area contributed by atoms with E-state index >= 15 is 0 Å². The molecule has 0 unspecified atom stereocenters. The van der Waals surface area contributed by atoms with Gasteiger partial charge in [-0.3, -0.25) is 4.79 Å². The van der Waals surface area contributed by atoms with Crippen LogP contribution in [0.15, 0.2) is 24.3 Å². The second-order valence-corrected chi connectivity index (χ2v) is 5.79. The number of benzene rings is 1. The maximum absolute atomic E-state index is 12.4. The number of rotatable bonds is 3. The van der Waals surface area contributed by atoms with Crippen molar-refractivity contribution in [2.75, 3.05) is 13.1 Å². The number of carbonyl (C=O) groups excluding carboxylic acids is 1. The average Bonchev–Trinajstić information content (AvgIpc) is 3.06. The molecule has 0 saturated carbocycles. The van der Waals surface area contributed by atoms with Gasteiger partial charge < -0.3 is 9.47 Å². The number of carbonyl (C=O) groups is 1. The molecule has 0 radical (unpaired) electrons. The highest BCUT2D eigenvalue weighted by Crippen LogP contribution is 2.22. The Bertz CT molecular complexity index is 624. The largest absolute Gasteiger partial charge is 0.341 e. The van der Waals surface area contributed by atoms with Gasteiger partial charge in [-0.15, -0.1) is 0 Å². The van der Waals surface area contributed by atoms with Crippen molar-refractivity contribution in [3.63, 3.8) is 0 Å². The van der Waals surface area contributed by atoms with E-state index in [0.29, 0.717) is 12.5 Å². The Morgan fingerprint density at radius 3 is 2.65 bits per heavy atom. The molecule has 1 saturated heterocycles. The molecule has 0 atom stereocenters. The number of para-hydroxylation sites is 2. The van der Waals surface area contributed by atoms with Crippen LogP contribution in [-0.4, -0.2) is 33.4 Å². The van der Waals surface area contributed by atoms with Crippen LogP contribution in [0.4, 0.5) is 0 Å². The third-order valence-corrected chi connectivity index (χ3v) is 3.95. The van der Waals surface area contributed by atoms with Crippen molar-refractivity contribution in [2.24, 2.45) is 0 Å². The summed E-state index contributed by atoms with van der Waals surface area (Å²) in [5.74, 6) is 1.53. The lowest BCUT2D eigenvalue weighted by molar-refractivity contribution is -0.130. The molecule has 0 aliphatic carbocycles. The zero-order valence-electron chi connectivity index (χ0n) is 12.2. The van der Waals surface area contributed by atoms with Crippen molar-refractivity contribution in [3.05, 3.63) is 30.1 Å². The SMILES string of the molecule is CC(C)c1nc2ccccc2n1CC(=O)N1CCCC1. The highest BCUT2D eigenvalue weighted by Gasteiger charge is 2.21. The molecule has 1 aromatic carbocycles. The fourth-order valence-corrected chi connectivity index (χ4v) is 2.90. The Morgan fingerprint density at radius 1 is 1.25 bits per heavy atom. The summed E-state index contributed by atoms with van der Waals surface area (Å²) in [5, 5.41) is 0. The summed E-state index contributed by atoms with van der Waals surface area (Å²) >= 11 is 0. The van der Waals surface area contributed by atoms with Gasteiger partial charge in [-0.25, -0.2) is 4.98 Å².